The van der Waals surface area contributed by atoms with Crippen molar-refractivity contribution in [2.75, 3.05) is 5.32 Å². The number of aromatic nitrogens is 2. The van der Waals surface area contributed by atoms with E-state index in [0.717, 1.165) is 18.5 Å². The number of benzene rings is 1. The van der Waals surface area contributed by atoms with Gasteiger partial charge in [0.25, 0.3) is 5.91 Å². The van der Waals surface area contributed by atoms with Crippen molar-refractivity contribution in [3.8, 4) is 0 Å². The van der Waals surface area contributed by atoms with E-state index in [1.54, 1.807) is 12.1 Å². The van der Waals surface area contributed by atoms with Crippen molar-refractivity contribution in [1.82, 2.24) is 15.5 Å². The SMILES string of the molecule is O=C(NC1CCCC1)c1ccc(Nc2ccccc2)nn1. The monoisotopic (exact) mass is 282 g/mol. The summed E-state index contributed by atoms with van der Waals surface area (Å²) in [4.78, 5) is 12.0. The standard InChI is InChI=1S/C16H18N4O/c21-16(18-13-8-4-5-9-13)14-10-11-15(20-19-14)17-12-6-2-1-3-7-12/h1-3,6-7,10-11,13H,4-5,8-9H2,(H,17,20)(H,18,21). The molecule has 0 radical (unpaired) electrons. The van der Waals surface area contributed by atoms with Crippen molar-refractivity contribution in [2.45, 2.75) is 31.7 Å². The highest BCUT2D eigenvalue weighted by Gasteiger charge is 2.18. The number of nitrogens with one attached hydrogen (secondary N) is 2. The molecule has 0 unspecified atom stereocenters. The van der Waals surface area contributed by atoms with Crippen LogP contribution in [-0.2, 0) is 0 Å². The second-order valence-corrected chi connectivity index (χ2v) is 5.25. The molecule has 1 aromatic heterocycles. The Morgan fingerprint density at radius 2 is 1.76 bits per heavy atom. The maximum Gasteiger partial charge on any atom is 0.272 e. The zero-order valence-electron chi connectivity index (χ0n) is 11.7. The van der Waals surface area contributed by atoms with E-state index < -0.39 is 0 Å². The zero-order valence-corrected chi connectivity index (χ0v) is 11.7. The van der Waals surface area contributed by atoms with Gasteiger partial charge in [0.1, 0.15) is 0 Å². The van der Waals surface area contributed by atoms with Gasteiger partial charge in [-0.2, -0.15) is 0 Å². The summed E-state index contributed by atoms with van der Waals surface area (Å²) in [6, 6.07) is 13.5. The molecule has 3 rings (SSSR count). The fraction of sp³-hybridized carbons (Fsp3) is 0.312. The van der Waals surface area contributed by atoms with E-state index in [0.29, 0.717) is 17.6 Å². The number of hydrogen-bond acceptors (Lipinski definition) is 4. The normalized spacial score (nSPS) is 14.9. The third kappa shape index (κ3) is 3.56. The molecule has 5 heteroatoms. The van der Waals surface area contributed by atoms with Crippen molar-refractivity contribution in [3.05, 3.63) is 48.2 Å². The Balaban J connectivity index is 1.62. The Kier molecular flexibility index (Phi) is 4.09. The van der Waals surface area contributed by atoms with Gasteiger partial charge >= 0.3 is 0 Å². The summed E-state index contributed by atoms with van der Waals surface area (Å²) in [7, 11) is 0. The molecular formula is C16H18N4O. The van der Waals surface area contributed by atoms with Gasteiger partial charge in [-0.05, 0) is 37.1 Å². The second-order valence-electron chi connectivity index (χ2n) is 5.25. The minimum Gasteiger partial charge on any atom is -0.348 e. The van der Waals surface area contributed by atoms with Crippen molar-refractivity contribution in [1.29, 1.82) is 0 Å². The molecule has 21 heavy (non-hydrogen) atoms. The van der Waals surface area contributed by atoms with Crippen LogP contribution in [0.15, 0.2) is 42.5 Å². The molecule has 1 fully saturated rings. The Bertz CT molecular complexity index is 591. The number of anilines is 2. The Labute approximate surface area is 123 Å². The molecule has 1 aliphatic rings. The first-order chi connectivity index (χ1) is 10.3. The minimum absolute atomic E-state index is 0.138. The Morgan fingerprint density at radius 3 is 2.43 bits per heavy atom. The first-order valence-corrected chi connectivity index (χ1v) is 7.28. The van der Waals surface area contributed by atoms with Crippen molar-refractivity contribution in [2.24, 2.45) is 0 Å². The van der Waals surface area contributed by atoms with Crippen LogP contribution >= 0.6 is 0 Å². The lowest BCUT2D eigenvalue weighted by Gasteiger charge is -2.11. The molecule has 2 N–H and O–H groups in total. The maximum atomic E-state index is 12.0. The number of rotatable bonds is 4. The predicted octanol–water partition coefficient (Wildman–Crippen LogP) is 2.89. The highest BCUT2D eigenvalue weighted by Crippen LogP contribution is 2.18. The summed E-state index contributed by atoms with van der Waals surface area (Å²) in [5, 5.41) is 14.2. The highest BCUT2D eigenvalue weighted by molar-refractivity contribution is 5.92. The molecule has 1 saturated carbocycles. The van der Waals surface area contributed by atoms with Crippen LogP contribution in [-0.4, -0.2) is 22.1 Å². The average molecular weight is 282 g/mol. The molecule has 0 aliphatic heterocycles. The average Bonchev–Trinajstić information content (AvgIpc) is 3.02. The van der Waals surface area contributed by atoms with E-state index in [1.165, 1.54) is 12.8 Å². The molecule has 1 heterocycles. The van der Waals surface area contributed by atoms with Gasteiger partial charge in [0.2, 0.25) is 0 Å². The molecule has 1 aliphatic carbocycles. The van der Waals surface area contributed by atoms with Crippen LogP contribution in [0.4, 0.5) is 11.5 Å². The van der Waals surface area contributed by atoms with Gasteiger partial charge in [0.15, 0.2) is 11.5 Å². The second kappa shape index (κ2) is 6.35. The molecule has 0 spiro atoms. The van der Waals surface area contributed by atoms with Crippen LogP contribution in [0.2, 0.25) is 0 Å². The van der Waals surface area contributed by atoms with Crippen LogP contribution in [0, 0.1) is 0 Å². The van der Waals surface area contributed by atoms with Gasteiger partial charge < -0.3 is 10.6 Å². The van der Waals surface area contributed by atoms with Crippen LogP contribution in [0.1, 0.15) is 36.2 Å². The number of amides is 1. The van der Waals surface area contributed by atoms with Crippen molar-refractivity contribution in [3.63, 3.8) is 0 Å². The zero-order chi connectivity index (χ0) is 14.5. The molecule has 1 amide bonds. The minimum atomic E-state index is -0.138. The lowest BCUT2D eigenvalue weighted by molar-refractivity contribution is 0.0932. The first kappa shape index (κ1) is 13.5. The van der Waals surface area contributed by atoms with Gasteiger partial charge in [-0.1, -0.05) is 31.0 Å². The maximum absolute atomic E-state index is 12.0. The number of nitrogens with zero attached hydrogens (tertiary/aromatic N) is 2. The van der Waals surface area contributed by atoms with Crippen LogP contribution in [0.3, 0.4) is 0 Å². The molecule has 5 nitrogen and oxygen atoms in total. The van der Waals surface area contributed by atoms with Gasteiger partial charge in [-0.3, -0.25) is 4.79 Å². The number of carbonyl (C=O) groups is 1. The molecule has 1 aromatic carbocycles. The van der Waals surface area contributed by atoms with Crippen LogP contribution < -0.4 is 10.6 Å². The third-order valence-electron chi connectivity index (χ3n) is 3.63. The van der Waals surface area contributed by atoms with E-state index in [9.17, 15) is 4.79 Å². The Hall–Kier alpha value is -2.43. The third-order valence-corrected chi connectivity index (χ3v) is 3.63. The summed E-state index contributed by atoms with van der Waals surface area (Å²) in [6.45, 7) is 0. The fourth-order valence-corrected chi connectivity index (χ4v) is 2.52. The van der Waals surface area contributed by atoms with Gasteiger partial charge in [0, 0.05) is 11.7 Å². The summed E-state index contributed by atoms with van der Waals surface area (Å²) < 4.78 is 0. The van der Waals surface area contributed by atoms with Gasteiger partial charge in [-0.15, -0.1) is 10.2 Å². The topological polar surface area (TPSA) is 66.9 Å². The highest BCUT2D eigenvalue weighted by atomic mass is 16.2. The van der Waals surface area contributed by atoms with E-state index in [-0.39, 0.29) is 5.91 Å². The van der Waals surface area contributed by atoms with E-state index in [1.807, 2.05) is 30.3 Å². The van der Waals surface area contributed by atoms with Crippen LogP contribution in [0.25, 0.3) is 0 Å². The van der Waals surface area contributed by atoms with E-state index in [2.05, 4.69) is 20.8 Å². The van der Waals surface area contributed by atoms with Crippen molar-refractivity contribution >= 4 is 17.4 Å². The predicted molar refractivity (Wildman–Crippen MR) is 81.5 cm³/mol. The van der Waals surface area contributed by atoms with Gasteiger partial charge in [0.05, 0.1) is 0 Å². The quantitative estimate of drug-likeness (QED) is 0.905. The van der Waals surface area contributed by atoms with E-state index in [4.69, 9.17) is 0 Å². The Morgan fingerprint density at radius 1 is 1.00 bits per heavy atom. The summed E-state index contributed by atoms with van der Waals surface area (Å²) in [5.74, 6) is 0.485. The molecule has 0 bridgehead atoms. The number of carbonyl (C=O) groups excluding carboxylic acids is 1. The summed E-state index contributed by atoms with van der Waals surface area (Å²) in [5.41, 5.74) is 1.30. The molecule has 0 saturated heterocycles. The van der Waals surface area contributed by atoms with Gasteiger partial charge in [-0.25, -0.2) is 0 Å². The molecule has 0 atom stereocenters. The number of hydrogen-bond donors (Lipinski definition) is 2. The molecular weight excluding hydrogens is 264 g/mol. The summed E-state index contributed by atoms with van der Waals surface area (Å²) >= 11 is 0. The smallest absolute Gasteiger partial charge is 0.272 e. The van der Waals surface area contributed by atoms with Crippen molar-refractivity contribution < 1.29 is 4.79 Å². The molecule has 2 aromatic rings. The van der Waals surface area contributed by atoms with E-state index >= 15 is 0 Å². The first-order valence-electron chi connectivity index (χ1n) is 7.28. The lowest BCUT2D eigenvalue weighted by atomic mass is 10.2. The van der Waals surface area contributed by atoms with Crippen LogP contribution in [0.5, 0.6) is 0 Å². The molecule has 108 valence electrons. The number of para-hydroxylation sites is 1. The fourth-order valence-electron chi connectivity index (χ4n) is 2.52. The largest absolute Gasteiger partial charge is 0.348 e. The summed E-state index contributed by atoms with van der Waals surface area (Å²) in [6.07, 6.45) is 4.51. The lowest BCUT2D eigenvalue weighted by Crippen LogP contribution is -2.33.